The van der Waals surface area contributed by atoms with E-state index in [1.54, 1.807) is 24.3 Å². The summed E-state index contributed by atoms with van der Waals surface area (Å²) >= 11 is 0. The van der Waals surface area contributed by atoms with Gasteiger partial charge in [-0.2, -0.15) is 0 Å². The van der Waals surface area contributed by atoms with Gasteiger partial charge in [-0.15, -0.1) is 0 Å². The number of fused-ring (bicyclic) bond motifs is 1. The van der Waals surface area contributed by atoms with Crippen LogP contribution in [0.2, 0.25) is 0 Å². The summed E-state index contributed by atoms with van der Waals surface area (Å²) in [6.45, 7) is 1.11. The fraction of sp³-hybridized carbons (Fsp3) is 0.188. The van der Waals surface area contributed by atoms with Crippen LogP contribution in [0.1, 0.15) is 15.9 Å². The molecule has 0 radical (unpaired) electrons. The Kier molecular flexibility index (Phi) is 3.75. The summed E-state index contributed by atoms with van der Waals surface area (Å²) in [5, 5.41) is 3.12. The summed E-state index contributed by atoms with van der Waals surface area (Å²) in [6.07, 6.45) is 0. The Bertz CT molecular complexity index is 670. The van der Waals surface area contributed by atoms with E-state index in [2.05, 4.69) is 5.32 Å². The van der Waals surface area contributed by atoms with Gasteiger partial charge in [0.15, 0.2) is 17.3 Å². The van der Waals surface area contributed by atoms with Gasteiger partial charge >= 0.3 is 0 Å². The second-order valence-corrected chi connectivity index (χ2v) is 4.84. The van der Waals surface area contributed by atoms with E-state index < -0.39 is 0 Å². The first-order valence-corrected chi connectivity index (χ1v) is 6.70. The molecule has 1 aliphatic rings. The summed E-state index contributed by atoms with van der Waals surface area (Å²) in [6, 6.07) is 12.7. The molecule has 0 aromatic heterocycles. The molecule has 1 aliphatic heterocycles. The van der Waals surface area contributed by atoms with E-state index in [0.29, 0.717) is 17.8 Å². The zero-order valence-electron chi connectivity index (χ0n) is 11.5. The summed E-state index contributed by atoms with van der Waals surface area (Å²) in [7, 11) is 0. The van der Waals surface area contributed by atoms with Gasteiger partial charge in [-0.25, -0.2) is 0 Å². The third kappa shape index (κ3) is 3.14. The predicted molar refractivity (Wildman–Crippen MR) is 79.5 cm³/mol. The minimum absolute atomic E-state index is 0.0167. The molecule has 1 heterocycles. The fourth-order valence-corrected chi connectivity index (χ4v) is 2.19. The minimum Gasteiger partial charge on any atom is -0.454 e. The quantitative estimate of drug-likeness (QED) is 0.648. The first kappa shape index (κ1) is 13.5. The van der Waals surface area contributed by atoms with Crippen LogP contribution in [0.25, 0.3) is 0 Å². The van der Waals surface area contributed by atoms with Gasteiger partial charge in [0.05, 0.1) is 6.54 Å². The van der Waals surface area contributed by atoms with Crippen molar-refractivity contribution in [3.05, 3.63) is 53.6 Å². The number of benzene rings is 2. The van der Waals surface area contributed by atoms with Gasteiger partial charge in [-0.1, -0.05) is 18.2 Å². The number of nitrogens with two attached hydrogens (primary N) is 1. The van der Waals surface area contributed by atoms with E-state index in [1.165, 1.54) is 0 Å². The second-order valence-electron chi connectivity index (χ2n) is 4.84. The maximum Gasteiger partial charge on any atom is 0.231 e. The lowest BCUT2D eigenvalue weighted by atomic mass is 10.1. The molecular weight excluding hydrogens is 268 g/mol. The van der Waals surface area contributed by atoms with Crippen molar-refractivity contribution in [2.45, 2.75) is 6.54 Å². The Balaban J connectivity index is 1.55. The first-order chi connectivity index (χ1) is 10.2. The van der Waals surface area contributed by atoms with E-state index in [-0.39, 0.29) is 19.1 Å². The smallest absolute Gasteiger partial charge is 0.231 e. The third-order valence-corrected chi connectivity index (χ3v) is 3.26. The van der Waals surface area contributed by atoms with Crippen LogP contribution in [0.3, 0.4) is 0 Å². The minimum atomic E-state index is 0.0167. The van der Waals surface area contributed by atoms with Crippen molar-refractivity contribution in [1.29, 1.82) is 0 Å². The fourth-order valence-electron chi connectivity index (χ4n) is 2.19. The number of hydrogen-bond acceptors (Lipinski definition) is 5. The van der Waals surface area contributed by atoms with Crippen LogP contribution in [0.5, 0.6) is 11.5 Å². The number of nitrogen functional groups attached to an aromatic ring is 1. The van der Waals surface area contributed by atoms with Gasteiger partial charge in [0.1, 0.15) is 0 Å². The zero-order valence-corrected chi connectivity index (χ0v) is 11.5. The number of carbonyl (C=O) groups is 1. The molecule has 2 aromatic carbocycles. The van der Waals surface area contributed by atoms with Crippen molar-refractivity contribution in [2.24, 2.45) is 0 Å². The van der Waals surface area contributed by atoms with Crippen LogP contribution in [-0.4, -0.2) is 19.1 Å². The number of Topliss-reactive ketones (excluding diaryl/α,β-unsaturated/α-hetero) is 1. The van der Waals surface area contributed by atoms with Gasteiger partial charge in [0.25, 0.3) is 0 Å². The molecule has 0 saturated heterocycles. The van der Waals surface area contributed by atoms with Crippen LogP contribution in [0, 0.1) is 0 Å². The van der Waals surface area contributed by atoms with Crippen LogP contribution in [0.15, 0.2) is 42.5 Å². The van der Waals surface area contributed by atoms with Gasteiger partial charge < -0.3 is 20.5 Å². The van der Waals surface area contributed by atoms with Gasteiger partial charge in [0.2, 0.25) is 6.79 Å². The zero-order chi connectivity index (χ0) is 14.7. The highest BCUT2D eigenvalue weighted by atomic mass is 16.7. The van der Waals surface area contributed by atoms with Crippen LogP contribution >= 0.6 is 0 Å². The molecule has 0 atom stereocenters. The van der Waals surface area contributed by atoms with Gasteiger partial charge in [-0.3, -0.25) is 4.79 Å². The van der Waals surface area contributed by atoms with Crippen molar-refractivity contribution in [3.63, 3.8) is 0 Å². The molecule has 3 N–H and O–H groups in total. The Labute approximate surface area is 122 Å². The van der Waals surface area contributed by atoms with Crippen molar-refractivity contribution >= 4 is 11.5 Å². The molecule has 3 rings (SSSR count). The molecular formula is C16H16N2O3. The lowest BCUT2D eigenvalue weighted by molar-refractivity contribution is 0.0991. The van der Waals surface area contributed by atoms with Crippen molar-refractivity contribution < 1.29 is 14.3 Å². The number of anilines is 1. The molecule has 5 nitrogen and oxygen atoms in total. The highest BCUT2D eigenvalue weighted by Gasteiger charge is 2.13. The maximum atomic E-state index is 12.0. The lowest BCUT2D eigenvalue weighted by Crippen LogP contribution is -2.22. The summed E-state index contributed by atoms with van der Waals surface area (Å²) in [5.74, 6) is 1.52. The second kappa shape index (κ2) is 5.85. The van der Waals surface area contributed by atoms with Crippen molar-refractivity contribution in [3.8, 4) is 11.5 Å². The van der Waals surface area contributed by atoms with Crippen LogP contribution in [0.4, 0.5) is 5.69 Å². The van der Waals surface area contributed by atoms with E-state index in [4.69, 9.17) is 15.2 Å². The number of ketones is 1. The highest BCUT2D eigenvalue weighted by Crippen LogP contribution is 2.32. The largest absolute Gasteiger partial charge is 0.454 e. The molecule has 0 amide bonds. The standard InChI is InChI=1S/C16H16N2O3/c17-13-3-1-2-12(7-13)14(19)9-18-8-11-4-5-15-16(6-11)21-10-20-15/h1-7,18H,8-10,17H2. The average Bonchev–Trinajstić information content (AvgIpc) is 2.94. The monoisotopic (exact) mass is 284 g/mol. The molecule has 0 saturated carbocycles. The molecule has 2 aromatic rings. The number of nitrogens with one attached hydrogen (secondary N) is 1. The average molecular weight is 284 g/mol. The van der Waals surface area contributed by atoms with E-state index in [0.717, 1.165) is 17.1 Å². The molecule has 21 heavy (non-hydrogen) atoms. The summed E-state index contributed by atoms with van der Waals surface area (Å²) < 4.78 is 10.6. The van der Waals surface area contributed by atoms with Gasteiger partial charge in [0, 0.05) is 17.8 Å². The van der Waals surface area contributed by atoms with Crippen LogP contribution in [-0.2, 0) is 6.54 Å². The van der Waals surface area contributed by atoms with E-state index in [1.807, 2.05) is 18.2 Å². The Morgan fingerprint density at radius 1 is 1.14 bits per heavy atom. The summed E-state index contributed by atoms with van der Waals surface area (Å²) in [5.41, 5.74) is 7.92. The van der Waals surface area contributed by atoms with Crippen molar-refractivity contribution in [2.75, 3.05) is 19.1 Å². The SMILES string of the molecule is Nc1cccc(C(=O)CNCc2ccc3c(c2)OCO3)c1. The first-order valence-electron chi connectivity index (χ1n) is 6.70. The number of ether oxygens (including phenoxy) is 2. The molecule has 5 heteroatoms. The molecule has 0 spiro atoms. The Morgan fingerprint density at radius 2 is 2.00 bits per heavy atom. The third-order valence-electron chi connectivity index (χ3n) is 3.26. The number of rotatable bonds is 5. The van der Waals surface area contributed by atoms with E-state index in [9.17, 15) is 4.79 Å². The lowest BCUT2D eigenvalue weighted by Gasteiger charge is -2.06. The number of carbonyl (C=O) groups excluding carboxylic acids is 1. The van der Waals surface area contributed by atoms with E-state index >= 15 is 0 Å². The summed E-state index contributed by atoms with van der Waals surface area (Å²) in [4.78, 5) is 12.0. The maximum absolute atomic E-state index is 12.0. The topological polar surface area (TPSA) is 73.6 Å². The van der Waals surface area contributed by atoms with Crippen LogP contribution < -0.4 is 20.5 Å². The highest BCUT2D eigenvalue weighted by molar-refractivity contribution is 5.98. The molecule has 0 unspecified atom stereocenters. The Morgan fingerprint density at radius 3 is 2.86 bits per heavy atom. The molecule has 0 fully saturated rings. The molecule has 0 aliphatic carbocycles. The predicted octanol–water partition coefficient (Wildman–Crippen LogP) is 1.97. The number of hydrogen-bond donors (Lipinski definition) is 2. The van der Waals surface area contributed by atoms with Crippen molar-refractivity contribution in [1.82, 2.24) is 5.32 Å². The molecule has 108 valence electrons. The van der Waals surface area contributed by atoms with Gasteiger partial charge in [-0.05, 0) is 29.8 Å². The Hall–Kier alpha value is -2.53. The molecule has 0 bridgehead atoms. The normalized spacial score (nSPS) is 12.4.